The first-order valence-corrected chi connectivity index (χ1v) is 10.0. The fourth-order valence-corrected chi connectivity index (χ4v) is 4.70. The molecule has 1 aliphatic rings. The van der Waals surface area contributed by atoms with Gasteiger partial charge in [-0.05, 0) is 26.2 Å². The number of nitrogens with one attached hydrogen (secondary N) is 2. The highest BCUT2D eigenvalue weighted by molar-refractivity contribution is 7.15. The van der Waals surface area contributed by atoms with E-state index in [0.717, 1.165) is 42.5 Å². The number of aliphatic imine (C=N–C) groups is 1. The van der Waals surface area contributed by atoms with E-state index >= 15 is 0 Å². The van der Waals surface area contributed by atoms with Gasteiger partial charge in [-0.1, -0.05) is 13.8 Å². The van der Waals surface area contributed by atoms with E-state index in [2.05, 4.69) is 52.0 Å². The summed E-state index contributed by atoms with van der Waals surface area (Å²) in [6, 6.07) is 0.399. The third-order valence-electron chi connectivity index (χ3n) is 5.58. The minimum atomic E-state index is 0.199. The highest BCUT2D eigenvalue weighted by Gasteiger charge is 2.53. The lowest BCUT2D eigenvalue weighted by Gasteiger charge is -2.55. The Morgan fingerprint density at radius 3 is 2.88 bits per heavy atom. The molecule has 1 fully saturated rings. The van der Waals surface area contributed by atoms with Crippen LogP contribution < -0.4 is 10.6 Å². The summed E-state index contributed by atoms with van der Waals surface area (Å²) in [6.07, 6.45) is 7.70. The Labute approximate surface area is 153 Å². The van der Waals surface area contributed by atoms with Crippen molar-refractivity contribution < 1.29 is 4.74 Å². The van der Waals surface area contributed by atoms with Gasteiger partial charge in [0.05, 0.1) is 18.3 Å². The van der Waals surface area contributed by atoms with E-state index in [-0.39, 0.29) is 5.41 Å². The molecule has 2 N–H and O–H groups in total. The number of rotatable bonds is 7. The van der Waals surface area contributed by atoms with Crippen LogP contribution in [0.15, 0.2) is 22.8 Å². The van der Waals surface area contributed by atoms with Crippen molar-refractivity contribution >= 4 is 22.3 Å². The fourth-order valence-electron chi connectivity index (χ4n) is 3.98. The van der Waals surface area contributed by atoms with E-state index in [1.165, 1.54) is 0 Å². The van der Waals surface area contributed by atoms with Crippen molar-refractivity contribution in [1.82, 2.24) is 20.0 Å². The summed E-state index contributed by atoms with van der Waals surface area (Å²) in [7, 11) is 1.82. The number of nitrogens with zero attached hydrogens (tertiary/aromatic N) is 3. The van der Waals surface area contributed by atoms with Crippen LogP contribution in [-0.2, 0) is 11.3 Å². The molecule has 0 radical (unpaired) electrons. The van der Waals surface area contributed by atoms with Crippen molar-refractivity contribution in [2.24, 2.45) is 10.4 Å². The van der Waals surface area contributed by atoms with E-state index in [9.17, 15) is 0 Å². The normalized spacial score (nSPS) is 22.8. The molecule has 3 rings (SSSR count). The Morgan fingerprint density at radius 2 is 2.24 bits per heavy atom. The van der Waals surface area contributed by atoms with Gasteiger partial charge in [-0.2, -0.15) is 0 Å². The Kier molecular flexibility index (Phi) is 5.64. The zero-order valence-corrected chi connectivity index (χ0v) is 16.4. The standard InChI is InChI=1S/C18H29N5OS/c1-5-18(6-2)14(10-15(18)24-7-3)22-16(19-4)20-11-13-12-23-8-9-25-17(23)21-13/h8-9,12,14-15H,5-7,10-11H2,1-4H3,(H2,19,20,22). The lowest BCUT2D eigenvalue weighted by Crippen LogP contribution is -2.65. The van der Waals surface area contributed by atoms with Gasteiger partial charge in [0, 0.05) is 42.9 Å². The maximum absolute atomic E-state index is 5.96. The van der Waals surface area contributed by atoms with Crippen molar-refractivity contribution in [2.45, 2.75) is 58.7 Å². The zero-order chi connectivity index (χ0) is 17.9. The minimum absolute atomic E-state index is 0.199. The summed E-state index contributed by atoms with van der Waals surface area (Å²) in [5.74, 6) is 0.836. The van der Waals surface area contributed by atoms with Crippen LogP contribution in [-0.4, -0.2) is 41.1 Å². The molecule has 138 valence electrons. The van der Waals surface area contributed by atoms with E-state index in [1.54, 1.807) is 11.3 Å². The Bertz CT molecular complexity index is 689. The number of ether oxygens (including phenoxy) is 1. The number of hydrogen-bond donors (Lipinski definition) is 2. The first-order chi connectivity index (χ1) is 12.2. The Balaban J connectivity index is 1.59. The molecular weight excluding hydrogens is 334 g/mol. The van der Waals surface area contributed by atoms with Crippen LogP contribution in [0.2, 0.25) is 0 Å². The van der Waals surface area contributed by atoms with Crippen LogP contribution in [0, 0.1) is 5.41 Å². The monoisotopic (exact) mass is 363 g/mol. The molecule has 7 heteroatoms. The van der Waals surface area contributed by atoms with E-state index in [0.29, 0.717) is 18.7 Å². The largest absolute Gasteiger partial charge is 0.378 e. The molecule has 1 saturated carbocycles. The summed E-state index contributed by atoms with van der Waals surface area (Å²) in [5, 5.41) is 9.05. The van der Waals surface area contributed by atoms with Gasteiger partial charge in [-0.15, -0.1) is 11.3 Å². The predicted molar refractivity (Wildman–Crippen MR) is 103 cm³/mol. The molecule has 0 amide bonds. The smallest absolute Gasteiger partial charge is 0.193 e. The average molecular weight is 364 g/mol. The van der Waals surface area contributed by atoms with Crippen LogP contribution in [0.5, 0.6) is 0 Å². The maximum Gasteiger partial charge on any atom is 0.193 e. The second kappa shape index (κ2) is 7.74. The molecule has 0 aromatic carbocycles. The number of hydrogen-bond acceptors (Lipinski definition) is 4. The van der Waals surface area contributed by atoms with Gasteiger partial charge in [0.15, 0.2) is 10.9 Å². The van der Waals surface area contributed by atoms with Crippen LogP contribution in [0.4, 0.5) is 0 Å². The number of imidazole rings is 1. The number of fused-ring (bicyclic) bond motifs is 1. The quantitative estimate of drug-likeness (QED) is 0.586. The van der Waals surface area contributed by atoms with E-state index in [4.69, 9.17) is 4.74 Å². The van der Waals surface area contributed by atoms with Gasteiger partial charge in [0.25, 0.3) is 0 Å². The lowest BCUT2D eigenvalue weighted by atomic mass is 9.58. The van der Waals surface area contributed by atoms with E-state index in [1.807, 2.05) is 18.6 Å². The Morgan fingerprint density at radius 1 is 1.44 bits per heavy atom. The third kappa shape index (κ3) is 3.40. The second-order valence-corrected chi connectivity index (χ2v) is 7.44. The molecule has 6 nitrogen and oxygen atoms in total. The average Bonchev–Trinajstić information content (AvgIpc) is 3.19. The van der Waals surface area contributed by atoms with Crippen LogP contribution >= 0.6 is 11.3 Å². The Hall–Kier alpha value is -1.60. The SMILES string of the molecule is CCOC1CC(NC(=NC)NCc2cn3ccsc3n2)C1(CC)CC. The highest BCUT2D eigenvalue weighted by Crippen LogP contribution is 2.48. The minimum Gasteiger partial charge on any atom is -0.378 e. The molecule has 0 aliphatic heterocycles. The molecule has 2 unspecified atom stereocenters. The molecule has 2 heterocycles. The lowest BCUT2D eigenvalue weighted by molar-refractivity contribution is -0.133. The molecule has 2 aromatic rings. The van der Waals surface area contributed by atoms with Gasteiger partial charge in [0.1, 0.15) is 0 Å². The van der Waals surface area contributed by atoms with Crippen LogP contribution in [0.25, 0.3) is 4.96 Å². The van der Waals surface area contributed by atoms with Crippen molar-refractivity contribution in [3.8, 4) is 0 Å². The van der Waals surface area contributed by atoms with Crippen LogP contribution in [0.1, 0.15) is 45.7 Å². The molecule has 1 aliphatic carbocycles. The number of thiazole rings is 1. The third-order valence-corrected chi connectivity index (χ3v) is 6.35. The highest BCUT2D eigenvalue weighted by atomic mass is 32.1. The fraction of sp³-hybridized carbons (Fsp3) is 0.667. The zero-order valence-electron chi connectivity index (χ0n) is 15.6. The molecule has 2 aromatic heterocycles. The molecule has 25 heavy (non-hydrogen) atoms. The molecule has 0 spiro atoms. The summed E-state index contributed by atoms with van der Waals surface area (Å²) in [4.78, 5) is 10.0. The van der Waals surface area contributed by atoms with Crippen molar-refractivity contribution in [3.05, 3.63) is 23.5 Å². The van der Waals surface area contributed by atoms with E-state index < -0.39 is 0 Å². The van der Waals surface area contributed by atoms with Gasteiger partial charge in [0.2, 0.25) is 0 Å². The van der Waals surface area contributed by atoms with Crippen molar-refractivity contribution in [3.63, 3.8) is 0 Å². The van der Waals surface area contributed by atoms with Gasteiger partial charge in [-0.3, -0.25) is 9.39 Å². The molecule has 0 bridgehead atoms. The van der Waals surface area contributed by atoms with Gasteiger partial charge >= 0.3 is 0 Å². The summed E-state index contributed by atoms with van der Waals surface area (Å²) in [6.45, 7) is 8.05. The number of aromatic nitrogens is 2. The summed E-state index contributed by atoms with van der Waals surface area (Å²) in [5.41, 5.74) is 1.22. The van der Waals surface area contributed by atoms with Crippen LogP contribution in [0.3, 0.4) is 0 Å². The summed E-state index contributed by atoms with van der Waals surface area (Å²) < 4.78 is 8.01. The summed E-state index contributed by atoms with van der Waals surface area (Å²) >= 11 is 1.65. The molecular formula is C18H29N5OS. The predicted octanol–water partition coefficient (Wildman–Crippen LogP) is 3.04. The van der Waals surface area contributed by atoms with Gasteiger partial charge < -0.3 is 15.4 Å². The molecule has 0 saturated heterocycles. The van der Waals surface area contributed by atoms with Crippen molar-refractivity contribution in [1.29, 1.82) is 0 Å². The first-order valence-electron chi connectivity index (χ1n) is 9.16. The number of guanidine groups is 1. The molecule has 2 atom stereocenters. The maximum atomic E-state index is 5.96. The van der Waals surface area contributed by atoms with Crippen molar-refractivity contribution in [2.75, 3.05) is 13.7 Å². The van der Waals surface area contributed by atoms with Gasteiger partial charge in [-0.25, -0.2) is 4.98 Å². The topological polar surface area (TPSA) is 63.0 Å². The second-order valence-electron chi connectivity index (χ2n) is 6.57. The first kappa shape index (κ1) is 18.2.